The summed E-state index contributed by atoms with van der Waals surface area (Å²) in [5.41, 5.74) is 8.97. The molecule has 0 aliphatic carbocycles. The fourth-order valence-electron chi connectivity index (χ4n) is 2.40. The van der Waals surface area contributed by atoms with Gasteiger partial charge in [0.2, 0.25) is 0 Å². The van der Waals surface area contributed by atoms with Crippen LogP contribution in [0.15, 0.2) is 34.8 Å². The van der Waals surface area contributed by atoms with Crippen LogP contribution in [0.1, 0.15) is 11.1 Å². The molecule has 0 aromatic heterocycles. The van der Waals surface area contributed by atoms with E-state index >= 15 is 0 Å². The third-order valence-corrected chi connectivity index (χ3v) is 4.24. The van der Waals surface area contributed by atoms with E-state index < -0.39 is 0 Å². The first-order chi connectivity index (χ1) is 10.1. The quantitative estimate of drug-likeness (QED) is 0.821. The van der Waals surface area contributed by atoms with Gasteiger partial charge in [0.15, 0.2) is 5.75 Å². The first-order valence-corrected chi connectivity index (χ1v) is 7.92. The molecule has 3 rings (SSSR count). The zero-order chi connectivity index (χ0) is 14.8. The van der Waals surface area contributed by atoms with Crippen molar-refractivity contribution >= 4 is 33.2 Å². The van der Waals surface area contributed by atoms with E-state index in [0.29, 0.717) is 23.1 Å². The number of rotatable bonds is 4. The van der Waals surface area contributed by atoms with Crippen molar-refractivity contribution in [2.24, 2.45) is 0 Å². The number of anilines is 1. The van der Waals surface area contributed by atoms with Crippen LogP contribution in [0.2, 0.25) is 5.02 Å². The van der Waals surface area contributed by atoms with E-state index in [2.05, 4.69) is 28.1 Å². The van der Waals surface area contributed by atoms with Crippen molar-refractivity contribution < 1.29 is 9.47 Å². The number of nitrogen functional groups attached to an aromatic ring is 1. The third-order valence-electron chi connectivity index (χ3n) is 3.43. The summed E-state index contributed by atoms with van der Waals surface area (Å²) < 4.78 is 12.1. The Bertz CT molecular complexity index is 652. The Hall–Kier alpha value is -1.39. The highest BCUT2D eigenvalue weighted by Crippen LogP contribution is 2.34. The molecule has 2 aromatic rings. The summed E-state index contributed by atoms with van der Waals surface area (Å²) >= 11 is 9.35. The lowest BCUT2D eigenvalue weighted by Gasteiger charge is -2.11. The molecule has 110 valence electrons. The van der Waals surface area contributed by atoms with Gasteiger partial charge in [-0.05, 0) is 45.3 Å². The van der Waals surface area contributed by atoms with Crippen LogP contribution in [0.4, 0.5) is 5.69 Å². The standard InChI is InChI=1S/C16H15BrClNO2/c17-13-8-12(18)9-14(19)16(13)21-5-3-10-1-2-15-11(7-10)4-6-20-15/h1-2,7-9H,3-6,19H2. The molecular weight excluding hydrogens is 354 g/mol. The fourth-order valence-corrected chi connectivity index (χ4v) is 3.35. The second kappa shape index (κ2) is 6.16. The Morgan fingerprint density at radius 1 is 1.29 bits per heavy atom. The molecule has 1 aliphatic rings. The molecule has 0 amide bonds. The maximum absolute atomic E-state index is 5.93. The normalized spacial score (nSPS) is 12.9. The van der Waals surface area contributed by atoms with Gasteiger partial charge in [0.25, 0.3) is 0 Å². The first-order valence-electron chi connectivity index (χ1n) is 6.75. The SMILES string of the molecule is Nc1cc(Cl)cc(Br)c1OCCc1ccc2c(c1)CCO2. The number of hydrogen-bond acceptors (Lipinski definition) is 3. The van der Waals surface area contributed by atoms with Crippen LogP contribution in [-0.2, 0) is 12.8 Å². The van der Waals surface area contributed by atoms with Crippen molar-refractivity contribution in [3.8, 4) is 11.5 Å². The van der Waals surface area contributed by atoms with Gasteiger partial charge in [-0.1, -0.05) is 23.7 Å². The highest BCUT2D eigenvalue weighted by Gasteiger charge is 2.12. The van der Waals surface area contributed by atoms with Gasteiger partial charge in [-0.2, -0.15) is 0 Å². The van der Waals surface area contributed by atoms with Gasteiger partial charge in [-0.25, -0.2) is 0 Å². The van der Waals surface area contributed by atoms with Crippen LogP contribution in [-0.4, -0.2) is 13.2 Å². The van der Waals surface area contributed by atoms with E-state index in [1.807, 2.05) is 6.07 Å². The molecule has 2 aromatic carbocycles. The maximum Gasteiger partial charge on any atom is 0.156 e. The zero-order valence-electron chi connectivity index (χ0n) is 11.4. The highest BCUT2D eigenvalue weighted by atomic mass is 79.9. The minimum atomic E-state index is 0.539. The Balaban J connectivity index is 1.64. The summed E-state index contributed by atoms with van der Waals surface area (Å²) in [7, 11) is 0. The number of halogens is 2. The van der Waals surface area contributed by atoms with Crippen LogP contribution < -0.4 is 15.2 Å². The lowest BCUT2D eigenvalue weighted by Crippen LogP contribution is -2.04. The summed E-state index contributed by atoms with van der Waals surface area (Å²) in [4.78, 5) is 0. The number of benzene rings is 2. The third kappa shape index (κ3) is 3.27. The molecule has 0 fully saturated rings. The minimum absolute atomic E-state index is 0.539. The lowest BCUT2D eigenvalue weighted by atomic mass is 10.1. The molecule has 21 heavy (non-hydrogen) atoms. The van der Waals surface area contributed by atoms with Crippen LogP contribution in [0.3, 0.4) is 0 Å². The molecule has 0 unspecified atom stereocenters. The van der Waals surface area contributed by atoms with Gasteiger partial charge < -0.3 is 15.2 Å². The van der Waals surface area contributed by atoms with Gasteiger partial charge in [0, 0.05) is 17.9 Å². The Morgan fingerprint density at radius 2 is 2.14 bits per heavy atom. The average molecular weight is 369 g/mol. The summed E-state index contributed by atoms with van der Waals surface area (Å²) in [5.74, 6) is 1.65. The Kier molecular flexibility index (Phi) is 4.27. The van der Waals surface area contributed by atoms with Crippen molar-refractivity contribution in [3.05, 3.63) is 51.0 Å². The van der Waals surface area contributed by atoms with Crippen LogP contribution in [0, 0.1) is 0 Å². The van der Waals surface area contributed by atoms with Crippen LogP contribution in [0.25, 0.3) is 0 Å². The number of fused-ring (bicyclic) bond motifs is 1. The molecule has 0 saturated heterocycles. The van der Waals surface area contributed by atoms with Crippen molar-refractivity contribution in [3.63, 3.8) is 0 Å². The topological polar surface area (TPSA) is 44.5 Å². The van der Waals surface area contributed by atoms with E-state index in [1.54, 1.807) is 12.1 Å². The Labute approximate surface area is 137 Å². The summed E-state index contributed by atoms with van der Waals surface area (Å²) in [6.45, 7) is 1.34. The van der Waals surface area contributed by atoms with Crippen molar-refractivity contribution in [2.75, 3.05) is 18.9 Å². The molecular formula is C16H15BrClNO2. The molecule has 0 spiro atoms. The van der Waals surface area contributed by atoms with E-state index in [-0.39, 0.29) is 0 Å². The molecule has 0 radical (unpaired) electrons. The van der Waals surface area contributed by atoms with E-state index in [1.165, 1.54) is 11.1 Å². The van der Waals surface area contributed by atoms with Crippen molar-refractivity contribution in [1.82, 2.24) is 0 Å². The van der Waals surface area contributed by atoms with Gasteiger partial charge >= 0.3 is 0 Å². The first kappa shape index (κ1) is 14.5. The molecule has 0 bridgehead atoms. The van der Waals surface area contributed by atoms with Crippen molar-refractivity contribution in [1.29, 1.82) is 0 Å². The second-order valence-electron chi connectivity index (χ2n) is 4.94. The predicted molar refractivity (Wildman–Crippen MR) is 88.4 cm³/mol. The Morgan fingerprint density at radius 3 is 2.95 bits per heavy atom. The van der Waals surface area contributed by atoms with Crippen molar-refractivity contribution in [2.45, 2.75) is 12.8 Å². The van der Waals surface area contributed by atoms with Gasteiger partial charge in [-0.15, -0.1) is 0 Å². The largest absolute Gasteiger partial charge is 0.493 e. The van der Waals surface area contributed by atoms with Crippen LogP contribution >= 0.6 is 27.5 Å². The summed E-state index contributed by atoms with van der Waals surface area (Å²) in [6.07, 6.45) is 1.81. The van der Waals surface area contributed by atoms with Crippen LogP contribution in [0.5, 0.6) is 11.5 Å². The molecule has 2 N–H and O–H groups in total. The minimum Gasteiger partial charge on any atom is -0.493 e. The number of nitrogens with two attached hydrogens (primary N) is 1. The molecule has 0 atom stereocenters. The molecule has 1 aliphatic heterocycles. The molecule has 0 saturated carbocycles. The number of ether oxygens (including phenoxy) is 2. The summed E-state index contributed by atoms with van der Waals surface area (Å²) in [5, 5.41) is 0.588. The predicted octanol–water partition coefficient (Wildman–Crippen LogP) is 4.24. The zero-order valence-corrected chi connectivity index (χ0v) is 13.7. The van der Waals surface area contributed by atoms with E-state index in [0.717, 1.165) is 29.7 Å². The molecule has 3 nitrogen and oxygen atoms in total. The van der Waals surface area contributed by atoms with Gasteiger partial charge in [0.05, 0.1) is 23.4 Å². The lowest BCUT2D eigenvalue weighted by molar-refractivity contribution is 0.321. The smallest absolute Gasteiger partial charge is 0.156 e. The summed E-state index contributed by atoms with van der Waals surface area (Å²) in [6, 6.07) is 9.76. The monoisotopic (exact) mass is 367 g/mol. The number of hydrogen-bond donors (Lipinski definition) is 1. The second-order valence-corrected chi connectivity index (χ2v) is 6.24. The van der Waals surface area contributed by atoms with E-state index in [9.17, 15) is 0 Å². The molecule has 5 heteroatoms. The average Bonchev–Trinajstić information content (AvgIpc) is 2.89. The van der Waals surface area contributed by atoms with Gasteiger partial charge in [-0.3, -0.25) is 0 Å². The maximum atomic E-state index is 5.93. The molecule has 1 heterocycles. The van der Waals surface area contributed by atoms with E-state index in [4.69, 9.17) is 26.8 Å². The highest BCUT2D eigenvalue weighted by molar-refractivity contribution is 9.10. The van der Waals surface area contributed by atoms with Gasteiger partial charge in [0.1, 0.15) is 5.75 Å². The fraction of sp³-hybridized carbons (Fsp3) is 0.250.